The van der Waals surface area contributed by atoms with Gasteiger partial charge < -0.3 is 9.84 Å². The molecule has 0 aromatic carbocycles. The molecule has 0 aromatic heterocycles. The van der Waals surface area contributed by atoms with Crippen LogP contribution in [0.4, 0.5) is 0 Å². The van der Waals surface area contributed by atoms with Gasteiger partial charge in [-0.05, 0) is 25.7 Å². The molecule has 1 atom stereocenters. The number of sulfonamides is 1. The predicted octanol–water partition coefficient (Wildman–Crippen LogP) is -0.0240. The lowest BCUT2D eigenvalue weighted by molar-refractivity contribution is -0.142. The van der Waals surface area contributed by atoms with Gasteiger partial charge in [-0.2, -0.15) is 4.31 Å². The average molecular weight is 332 g/mol. The van der Waals surface area contributed by atoms with Crippen LogP contribution in [0, 0.1) is 5.92 Å². The average Bonchev–Trinajstić information content (AvgIpc) is 3.34. The summed E-state index contributed by atoms with van der Waals surface area (Å²) in [5, 5.41) is 9.16. The normalized spacial score (nSPS) is 30.1. The Morgan fingerprint density at radius 3 is 2.32 bits per heavy atom. The fourth-order valence-electron chi connectivity index (χ4n) is 3.36. The van der Waals surface area contributed by atoms with Crippen molar-refractivity contribution in [1.82, 2.24) is 9.21 Å². The number of aliphatic carboxylic acids is 1. The minimum absolute atomic E-state index is 0.105. The smallest absolute Gasteiger partial charge is 0.309 e. The number of hydrogen-bond donors (Lipinski definition) is 1. The number of nitrogens with zero attached hydrogens (tertiary/aromatic N) is 2. The zero-order valence-corrected chi connectivity index (χ0v) is 13.5. The highest BCUT2D eigenvalue weighted by atomic mass is 32.2. The van der Waals surface area contributed by atoms with Gasteiger partial charge in [0.05, 0.1) is 11.2 Å². The largest absolute Gasteiger partial charge is 0.481 e. The van der Waals surface area contributed by atoms with E-state index in [9.17, 15) is 18.3 Å². The SMILES string of the molecule is O=C(O)[C@@H]1CN(C2CCOCC2)CCN(S(=O)(=O)C2CC2)C1. The second-order valence-corrected chi connectivity index (χ2v) is 8.69. The maximum Gasteiger partial charge on any atom is 0.309 e. The van der Waals surface area contributed by atoms with Crippen molar-refractivity contribution >= 4 is 16.0 Å². The Hall–Kier alpha value is -0.700. The molecule has 7 nitrogen and oxygen atoms in total. The van der Waals surface area contributed by atoms with Crippen LogP contribution < -0.4 is 0 Å². The van der Waals surface area contributed by atoms with Gasteiger partial charge in [-0.15, -0.1) is 0 Å². The molecular weight excluding hydrogens is 308 g/mol. The van der Waals surface area contributed by atoms with Gasteiger partial charge in [0.25, 0.3) is 0 Å². The zero-order valence-electron chi connectivity index (χ0n) is 12.7. The van der Waals surface area contributed by atoms with Gasteiger partial charge in [0.15, 0.2) is 0 Å². The number of carboxylic acids is 1. The van der Waals surface area contributed by atoms with Crippen LogP contribution in [0.15, 0.2) is 0 Å². The monoisotopic (exact) mass is 332 g/mol. The zero-order chi connectivity index (χ0) is 15.7. The molecule has 3 rings (SSSR count). The molecule has 0 spiro atoms. The number of hydrogen-bond acceptors (Lipinski definition) is 5. The summed E-state index contributed by atoms with van der Waals surface area (Å²) in [4.78, 5) is 13.7. The van der Waals surface area contributed by atoms with Crippen LogP contribution in [0.3, 0.4) is 0 Å². The first-order chi connectivity index (χ1) is 10.5. The minimum atomic E-state index is -3.31. The first kappa shape index (κ1) is 16.2. The van der Waals surface area contributed by atoms with E-state index >= 15 is 0 Å². The third-order valence-electron chi connectivity index (χ3n) is 4.88. The third kappa shape index (κ3) is 3.45. The summed E-state index contributed by atoms with van der Waals surface area (Å²) in [6.45, 7) is 2.94. The second kappa shape index (κ2) is 6.43. The third-order valence-corrected chi connectivity index (χ3v) is 7.24. The minimum Gasteiger partial charge on any atom is -0.481 e. The number of carbonyl (C=O) groups is 1. The van der Waals surface area contributed by atoms with Crippen molar-refractivity contribution < 1.29 is 23.1 Å². The van der Waals surface area contributed by atoms with Gasteiger partial charge >= 0.3 is 5.97 Å². The molecule has 3 aliphatic rings. The Morgan fingerprint density at radius 2 is 1.73 bits per heavy atom. The van der Waals surface area contributed by atoms with Crippen molar-refractivity contribution in [1.29, 1.82) is 0 Å². The molecule has 3 fully saturated rings. The maximum absolute atomic E-state index is 12.4. The quantitative estimate of drug-likeness (QED) is 0.778. The van der Waals surface area contributed by atoms with Crippen LogP contribution in [-0.4, -0.2) is 79.4 Å². The van der Waals surface area contributed by atoms with Crippen LogP contribution in [0.25, 0.3) is 0 Å². The second-order valence-electron chi connectivity index (χ2n) is 6.48. The Bertz CT molecular complexity index is 513. The molecule has 1 aliphatic carbocycles. The first-order valence-corrected chi connectivity index (χ1v) is 9.52. The van der Waals surface area contributed by atoms with Gasteiger partial charge in [0.1, 0.15) is 0 Å². The number of rotatable bonds is 4. The highest BCUT2D eigenvalue weighted by Gasteiger charge is 2.43. The molecule has 0 radical (unpaired) electrons. The highest BCUT2D eigenvalue weighted by molar-refractivity contribution is 7.90. The van der Waals surface area contributed by atoms with E-state index in [-0.39, 0.29) is 11.8 Å². The van der Waals surface area contributed by atoms with E-state index in [0.717, 1.165) is 12.8 Å². The van der Waals surface area contributed by atoms with Gasteiger partial charge in [-0.3, -0.25) is 9.69 Å². The highest BCUT2D eigenvalue weighted by Crippen LogP contribution is 2.32. The van der Waals surface area contributed by atoms with Gasteiger partial charge in [0, 0.05) is 45.4 Å². The van der Waals surface area contributed by atoms with Crippen LogP contribution in [0.5, 0.6) is 0 Å². The number of ether oxygens (including phenoxy) is 1. The van der Waals surface area contributed by atoms with Crippen molar-refractivity contribution in [2.24, 2.45) is 5.92 Å². The van der Waals surface area contributed by atoms with E-state index in [0.29, 0.717) is 51.7 Å². The lowest BCUT2D eigenvalue weighted by Gasteiger charge is -2.34. The molecule has 8 heteroatoms. The van der Waals surface area contributed by atoms with Gasteiger partial charge in [0.2, 0.25) is 10.0 Å². The van der Waals surface area contributed by atoms with E-state index in [4.69, 9.17) is 4.74 Å². The van der Waals surface area contributed by atoms with Crippen molar-refractivity contribution in [3.8, 4) is 0 Å². The van der Waals surface area contributed by atoms with Crippen LogP contribution >= 0.6 is 0 Å². The molecule has 2 heterocycles. The summed E-state index contributed by atoms with van der Waals surface area (Å²) in [5.41, 5.74) is 0. The molecule has 0 aromatic rings. The lowest BCUT2D eigenvalue weighted by Crippen LogP contribution is -2.43. The maximum atomic E-state index is 12.4. The van der Waals surface area contributed by atoms with Crippen LogP contribution in [0.1, 0.15) is 25.7 Å². The molecule has 1 saturated carbocycles. The Balaban J connectivity index is 1.73. The van der Waals surface area contributed by atoms with E-state index in [2.05, 4.69) is 4.90 Å². The molecule has 1 N–H and O–H groups in total. The predicted molar refractivity (Wildman–Crippen MR) is 80.1 cm³/mol. The molecule has 0 amide bonds. The molecule has 0 bridgehead atoms. The fourth-order valence-corrected chi connectivity index (χ4v) is 5.23. The van der Waals surface area contributed by atoms with E-state index in [1.807, 2.05) is 0 Å². The summed E-state index contributed by atoms with van der Waals surface area (Å²) >= 11 is 0. The van der Waals surface area contributed by atoms with Crippen LogP contribution in [-0.2, 0) is 19.6 Å². The summed E-state index contributed by atoms with van der Waals surface area (Å²) in [7, 11) is -3.31. The molecule has 2 saturated heterocycles. The van der Waals surface area contributed by atoms with Crippen LogP contribution in [0.2, 0.25) is 0 Å². The van der Waals surface area contributed by atoms with Gasteiger partial charge in [-0.25, -0.2) is 8.42 Å². The molecular formula is C14H24N2O5S. The van der Waals surface area contributed by atoms with Crippen molar-refractivity contribution in [3.63, 3.8) is 0 Å². The van der Waals surface area contributed by atoms with Crippen molar-refractivity contribution in [2.75, 3.05) is 39.4 Å². The molecule has 2 aliphatic heterocycles. The summed E-state index contributed by atoms with van der Waals surface area (Å²) in [6, 6.07) is 0.305. The van der Waals surface area contributed by atoms with E-state index < -0.39 is 21.9 Å². The Labute approximate surface area is 131 Å². The standard InChI is InChI=1S/C14H24N2O5S/c17-14(18)11-9-15(12-3-7-21-8-4-12)5-6-16(10-11)22(19,20)13-1-2-13/h11-13H,1-10H2,(H,17,18)/t11-/m1/s1. The Kier molecular flexibility index (Phi) is 4.72. The summed E-state index contributed by atoms with van der Waals surface area (Å²) in [5.74, 6) is -1.56. The molecule has 0 unspecified atom stereocenters. The lowest BCUT2D eigenvalue weighted by atomic mass is 10.0. The van der Waals surface area contributed by atoms with Crippen molar-refractivity contribution in [2.45, 2.75) is 37.0 Å². The topological polar surface area (TPSA) is 87.2 Å². The Morgan fingerprint density at radius 1 is 1.05 bits per heavy atom. The fraction of sp³-hybridized carbons (Fsp3) is 0.929. The summed E-state index contributed by atoms with van der Waals surface area (Å²) < 4.78 is 31.7. The molecule has 126 valence electrons. The first-order valence-electron chi connectivity index (χ1n) is 8.02. The van der Waals surface area contributed by atoms with E-state index in [1.54, 1.807) is 0 Å². The molecule has 22 heavy (non-hydrogen) atoms. The number of carboxylic acid groups (broad SMARTS) is 1. The summed E-state index contributed by atoms with van der Waals surface area (Å²) in [6.07, 6.45) is 3.20. The van der Waals surface area contributed by atoms with Gasteiger partial charge in [-0.1, -0.05) is 0 Å². The van der Waals surface area contributed by atoms with Crippen molar-refractivity contribution in [3.05, 3.63) is 0 Å². The van der Waals surface area contributed by atoms with E-state index in [1.165, 1.54) is 4.31 Å².